The zero-order valence-corrected chi connectivity index (χ0v) is 17.7. The average molecular weight is 429 g/mol. The molecule has 1 saturated heterocycles. The molecule has 0 aromatic heterocycles. The Hall–Kier alpha value is -2.86. The van der Waals surface area contributed by atoms with Gasteiger partial charge in [0.2, 0.25) is 0 Å². The molecule has 1 aliphatic heterocycles. The Bertz CT molecular complexity index is 921. The summed E-state index contributed by atoms with van der Waals surface area (Å²) in [5.74, 6) is 0.0112. The minimum atomic E-state index is -0.404. The van der Waals surface area contributed by atoms with Gasteiger partial charge in [-0.25, -0.2) is 0 Å². The molecule has 0 spiro atoms. The second-order valence-corrected chi connectivity index (χ2v) is 7.62. The molecule has 2 aromatic carbocycles. The molecule has 6 nitrogen and oxygen atoms in total. The van der Waals surface area contributed by atoms with Gasteiger partial charge in [-0.15, -0.1) is 0 Å². The highest BCUT2D eigenvalue weighted by atomic mass is 35.5. The van der Waals surface area contributed by atoms with Crippen molar-refractivity contribution in [3.8, 4) is 5.75 Å². The second kappa shape index (κ2) is 10.3. The predicted molar refractivity (Wildman–Crippen MR) is 116 cm³/mol. The van der Waals surface area contributed by atoms with E-state index in [0.29, 0.717) is 47.1 Å². The second-order valence-electron chi connectivity index (χ2n) is 7.18. The molecule has 3 rings (SSSR count). The van der Waals surface area contributed by atoms with Gasteiger partial charge in [0.15, 0.2) is 12.4 Å². The van der Waals surface area contributed by atoms with Gasteiger partial charge in [-0.2, -0.15) is 0 Å². The summed E-state index contributed by atoms with van der Waals surface area (Å²) in [6.45, 7) is 3.01. The molecular formula is C23H25ClN2O4. The summed E-state index contributed by atoms with van der Waals surface area (Å²) < 4.78 is 5.50. The number of ketones is 1. The van der Waals surface area contributed by atoms with Crippen molar-refractivity contribution in [3.05, 3.63) is 58.6 Å². The predicted octanol–water partition coefficient (Wildman–Crippen LogP) is 4.58. The van der Waals surface area contributed by atoms with E-state index in [9.17, 15) is 14.4 Å². The Balaban J connectivity index is 1.63. The van der Waals surface area contributed by atoms with Crippen LogP contribution in [-0.2, 0) is 4.79 Å². The van der Waals surface area contributed by atoms with Crippen LogP contribution in [0.15, 0.2) is 42.5 Å². The first-order valence-corrected chi connectivity index (χ1v) is 10.5. The van der Waals surface area contributed by atoms with Crippen molar-refractivity contribution < 1.29 is 19.1 Å². The van der Waals surface area contributed by atoms with E-state index in [2.05, 4.69) is 5.32 Å². The number of nitrogens with zero attached hydrogens (tertiary/aromatic N) is 1. The Morgan fingerprint density at radius 1 is 1.03 bits per heavy atom. The summed E-state index contributed by atoms with van der Waals surface area (Å²) in [6, 6.07) is 11.5. The zero-order valence-electron chi connectivity index (χ0n) is 16.9. The summed E-state index contributed by atoms with van der Waals surface area (Å²) in [5, 5.41) is 3.16. The molecule has 1 N–H and O–H groups in total. The van der Waals surface area contributed by atoms with E-state index >= 15 is 0 Å². The topological polar surface area (TPSA) is 75.7 Å². The van der Waals surface area contributed by atoms with Gasteiger partial charge in [0.05, 0.1) is 11.3 Å². The minimum Gasteiger partial charge on any atom is -0.484 e. The van der Waals surface area contributed by atoms with Crippen LogP contribution in [0.2, 0.25) is 5.02 Å². The third kappa shape index (κ3) is 5.60. The van der Waals surface area contributed by atoms with Crippen LogP contribution in [-0.4, -0.2) is 42.2 Å². The van der Waals surface area contributed by atoms with E-state index in [1.165, 1.54) is 0 Å². The van der Waals surface area contributed by atoms with Gasteiger partial charge in [-0.3, -0.25) is 14.4 Å². The fourth-order valence-electron chi connectivity index (χ4n) is 3.35. The Labute approximate surface area is 181 Å². The van der Waals surface area contributed by atoms with E-state index in [1.54, 1.807) is 54.3 Å². The molecule has 158 valence electrons. The van der Waals surface area contributed by atoms with Crippen molar-refractivity contribution in [1.29, 1.82) is 0 Å². The highest BCUT2D eigenvalue weighted by molar-refractivity contribution is 6.31. The first kappa shape index (κ1) is 21.8. The summed E-state index contributed by atoms with van der Waals surface area (Å²) in [4.78, 5) is 38.8. The summed E-state index contributed by atoms with van der Waals surface area (Å²) >= 11 is 6.08. The lowest BCUT2D eigenvalue weighted by Gasteiger charge is -2.27. The SMILES string of the molecule is CCC(=O)c1ccc(OCC(=O)Nc2cc(Cl)ccc2C(=O)N2CCCCC2)cc1. The third-order valence-electron chi connectivity index (χ3n) is 5.00. The monoisotopic (exact) mass is 428 g/mol. The van der Waals surface area contributed by atoms with Crippen molar-refractivity contribution in [2.45, 2.75) is 32.6 Å². The van der Waals surface area contributed by atoms with Gasteiger partial charge in [-0.05, 0) is 61.7 Å². The van der Waals surface area contributed by atoms with Gasteiger partial charge < -0.3 is 15.0 Å². The van der Waals surface area contributed by atoms with Crippen LogP contribution in [0.4, 0.5) is 5.69 Å². The standard InChI is InChI=1S/C23H25ClN2O4/c1-2-21(27)16-6-9-18(10-7-16)30-15-22(28)25-20-14-17(24)8-11-19(20)23(29)26-12-4-3-5-13-26/h6-11,14H,2-5,12-13,15H2,1H3,(H,25,28). The van der Waals surface area contributed by atoms with Crippen molar-refractivity contribution in [3.63, 3.8) is 0 Å². The van der Waals surface area contributed by atoms with Gasteiger partial charge in [0.1, 0.15) is 5.75 Å². The molecular weight excluding hydrogens is 404 g/mol. The lowest BCUT2D eigenvalue weighted by atomic mass is 10.1. The van der Waals surface area contributed by atoms with Crippen molar-refractivity contribution in [2.75, 3.05) is 25.0 Å². The van der Waals surface area contributed by atoms with Gasteiger partial charge in [0, 0.05) is 30.1 Å². The maximum absolute atomic E-state index is 12.9. The van der Waals surface area contributed by atoms with Crippen molar-refractivity contribution >= 4 is 34.9 Å². The van der Waals surface area contributed by atoms with Crippen LogP contribution in [0, 0.1) is 0 Å². The van der Waals surface area contributed by atoms with Gasteiger partial charge in [-0.1, -0.05) is 18.5 Å². The van der Waals surface area contributed by atoms with Crippen LogP contribution in [0.1, 0.15) is 53.3 Å². The fourth-order valence-corrected chi connectivity index (χ4v) is 3.52. The van der Waals surface area contributed by atoms with Crippen LogP contribution in [0.5, 0.6) is 5.75 Å². The highest BCUT2D eigenvalue weighted by Crippen LogP contribution is 2.24. The lowest BCUT2D eigenvalue weighted by molar-refractivity contribution is -0.118. The third-order valence-corrected chi connectivity index (χ3v) is 5.23. The number of hydrogen-bond donors (Lipinski definition) is 1. The lowest BCUT2D eigenvalue weighted by Crippen LogP contribution is -2.36. The number of likely N-dealkylation sites (tertiary alicyclic amines) is 1. The smallest absolute Gasteiger partial charge is 0.262 e. The number of amides is 2. The van der Waals surface area contributed by atoms with Gasteiger partial charge >= 0.3 is 0 Å². The molecule has 0 atom stereocenters. The van der Waals surface area contributed by atoms with E-state index in [0.717, 1.165) is 19.3 Å². The molecule has 1 heterocycles. The molecule has 0 radical (unpaired) electrons. The number of halogens is 1. The first-order chi connectivity index (χ1) is 14.5. The van der Waals surface area contributed by atoms with Gasteiger partial charge in [0.25, 0.3) is 11.8 Å². The minimum absolute atomic E-state index is 0.0474. The molecule has 7 heteroatoms. The van der Waals surface area contributed by atoms with Crippen LogP contribution < -0.4 is 10.1 Å². The van der Waals surface area contributed by atoms with E-state index in [-0.39, 0.29) is 18.3 Å². The Kier molecular flexibility index (Phi) is 7.46. The number of carbonyl (C=O) groups excluding carboxylic acids is 3. The highest BCUT2D eigenvalue weighted by Gasteiger charge is 2.22. The quantitative estimate of drug-likeness (QED) is 0.655. The molecule has 1 aliphatic rings. The molecule has 2 amide bonds. The first-order valence-electron chi connectivity index (χ1n) is 10.1. The van der Waals surface area contributed by atoms with Crippen LogP contribution in [0.3, 0.4) is 0 Å². The van der Waals surface area contributed by atoms with Crippen molar-refractivity contribution in [2.24, 2.45) is 0 Å². The fraction of sp³-hybridized carbons (Fsp3) is 0.348. The number of Topliss-reactive ketones (excluding diaryl/α,β-unsaturated/α-hetero) is 1. The summed E-state index contributed by atoms with van der Waals surface area (Å²) in [5.41, 5.74) is 1.39. The molecule has 30 heavy (non-hydrogen) atoms. The number of benzene rings is 2. The van der Waals surface area contributed by atoms with E-state index in [4.69, 9.17) is 16.3 Å². The molecule has 0 bridgehead atoms. The van der Waals surface area contributed by atoms with Crippen LogP contribution in [0.25, 0.3) is 0 Å². The molecule has 0 aliphatic carbocycles. The van der Waals surface area contributed by atoms with E-state index in [1.807, 2.05) is 0 Å². The number of nitrogens with one attached hydrogen (secondary N) is 1. The molecule has 0 unspecified atom stereocenters. The maximum Gasteiger partial charge on any atom is 0.262 e. The zero-order chi connectivity index (χ0) is 21.5. The number of piperidine rings is 1. The van der Waals surface area contributed by atoms with Crippen LogP contribution >= 0.6 is 11.6 Å². The number of carbonyl (C=O) groups is 3. The number of anilines is 1. The maximum atomic E-state index is 12.9. The summed E-state index contributed by atoms with van der Waals surface area (Å²) in [6.07, 6.45) is 3.52. The largest absolute Gasteiger partial charge is 0.484 e. The Morgan fingerprint density at radius 2 is 1.73 bits per heavy atom. The molecule has 0 saturated carbocycles. The number of rotatable bonds is 7. The number of hydrogen-bond acceptors (Lipinski definition) is 4. The van der Waals surface area contributed by atoms with E-state index < -0.39 is 5.91 Å². The molecule has 2 aromatic rings. The Morgan fingerprint density at radius 3 is 2.40 bits per heavy atom. The average Bonchev–Trinajstić information content (AvgIpc) is 2.78. The van der Waals surface area contributed by atoms with Crippen molar-refractivity contribution in [1.82, 2.24) is 4.90 Å². The molecule has 1 fully saturated rings. The summed E-state index contributed by atoms with van der Waals surface area (Å²) in [7, 11) is 0. The number of ether oxygens (including phenoxy) is 1. The normalized spacial score (nSPS) is 13.6.